The maximum Gasteiger partial charge on any atom is 0.472 e. The molecule has 0 saturated heterocycles. The van der Waals surface area contributed by atoms with Gasteiger partial charge in [0.15, 0.2) is 12.2 Å². The number of hydrogen-bond acceptors (Lipinski definition) is 15. The molecule has 0 amide bonds. The first-order valence-electron chi connectivity index (χ1n) is 43.4. The van der Waals surface area contributed by atoms with Gasteiger partial charge in [-0.3, -0.25) is 37.3 Å². The average Bonchev–Trinajstić information content (AvgIpc) is 0.937. The largest absolute Gasteiger partial charge is 0.472 e. The third-order valence-corrected chi connectivity index (χ3v) is 22.3. The minimum absolute atomic E-state index is 0.107. The van der Waals surface area contributed by atoms with Crippen LogP contribution >= 0.6 is 15.6 Å². The smallest absolute Gasteiger partial charge is 0.462 e. The van der Waals surface area contributed by atoms with Crippen molar-refractivity contribution in [1.29, 1.82) is 0 Å². The molecule has 19 heteroatoms. The van der Waals surface area contributed by atoms with Gasteiger partial charge >= 0.3 is 39.5 Å². The maximum absolute atomic E-state index is 13.1. The van der Waals surface area contributed by atoms with E-state index in [1.54, 1.807) is 0 Å². The number of rotatable bonds is 82. The normalized spacial score (nSPS) is 14.4. The summed E-state index contributed by atoms with van der Waals surface area (Å²) in [7, 11) is -9.93. The van der Waals surface area contributed by atoms with Gasteiger partial charge in [-0.25, -0.2) is 9.13 Å². The van der Waals surface area contributed by atoms with Gasteiger partial charge in [0.2, 0.25) is 0 Å². The lowest BCUT2D eigenvalue weighted by Gasteiger charge is -2.21. The van der Waals surface area contributed by atoms with Crippen molar-refractivity contribution in [1.82, 2.24) is 0 Å². The van der Waals surface area contributed by atoms with Crippen LogP contribution in [0.15, 0.2) is 0 Å². The summed E-state index contributed by atoms with van der Waals surface area (Å²) in [5.74, 6) is 0.368. The van der Waals surface area contributed by atoms with E-state index in [0.717, 1.165) is 108 Å². The van der Waals surface area contributed by atoms with Crippen LogP contribution in [0.4, 0.5) is 0 Å². The lowest BCUT2D eigenvalue weighted by atomic mass is 9.99. The van der Waals surface area contributed by atoms with E-state index in [1.807, 2.05) is 0 Å². The standard InChI is InChI=1S/C84H164O17P2/c1-8-11-12-13-14-15-16-30-37-44-51-58-65-81(86)94-71-79(101-84(89)68-61-54-47-40-33-26-25-27-34-41-48-55-62-75(4)5)73-98-102(90,91)96-69-78(85)70-97-103(92,93)99-74-80(100-83(88)67-60-53-46-39-32-24-20-18-22-29-36-43-50-57-64-77(7)10-3)72-95-82(87)66-59-52-45-38-31-23-19-17-21-28-35-42-49-56-63-76(6)9-2/h75-80,85H,8-74H2,1-7H3,(H,90,91)(H,92,93)/t76?,77?,78-,79+,80+/m0/s1. The van der Waals surface area contributed by atoms with Gasteiger partial charge < -0.3 is 33.8 Å². The van der Waals surface area contributed by atoms with E-state index < -0.39 is 97.5 Å². The molecule has 612 valence electrons. The van der Waals surface area contributed by atoms with Crippen LogP contribution in [0.2, 0.25) is 0 Å². The summed E-state index contributed by atoms with van der Waals surface area (Å²) < 4.78 is 68.9. The second kappa shape index (κ2) is 74.2. The van der Waals surface area contributed by atoms with Crippen molar-refractivity contribution >= 4 is 39.5 Å². The zero-order valence-corrected chi connectivity index (χ0v) is 69.6. The Kier molecular flexibility index (Phi) is 72.8. The van der Waals surface area contributed by atoms with E-state index in [0.29, 0.717) is 25.7 Å². The molecule has 0 saturated carbocycles. The van der Waals surface area contributed by atoms with Gasteiger partial charge in [-0.05, 0) is 43.4 Å². The number of phosphoric acid groups is 2. The molecule has 7 atom stereocenters. The van der Waals surface area contributed by atoms with Crippen molar-refractivity contribution in [2.75, 3.05) is 39.6 Å². The molecule has 103 heavy (non-hydrogen) atoms. The van der Waals surface area contributed by atoms with E-state index >= 15 is 0 Å². The molecule has 4 unspecified atom stereocenters. The highest BCUT2D eigenvalue weighted by molar-refractivity contribution is 7.47. The molecule has 3 N–H and O–H groups in total. The number of esters is 4. The van der Waals surface area contributed by atoms with Crippen LogP contribution in [0.25, 0.3) is 0 Å². The van der Waals surface area contributed by atoms with E-state index in [-0.39, 0.29) is 25.7 Å². The Morgan fingerprint density at radius 3 is 0.738 bits per heavy atom. The van der Waals surface area contributed by atoms with Crippen LogP contribution in [0, 0.1) is 17.8 Å². The lowest BCUT2D eigenvalue weighted by Crippen LogP contribution is -2.30. The lowest BCUT2D eigenvalue weighted by molar-refractivity contribution is -0.161. The molecule has 0 aliphatic rings. The molecule has 0 spiro atoms. The number of phosphoric ester groups is 2. The van der Waals surface area contributed by atoms with Gasteiger partial charge in [0.05, 0.1) is 26.4 Å². The number of aliphatic hydroxyl groups excluding tert-OH is 1. The molecule has 0 aromatic rings. The molecule has 0 radical (unpaired) electrons. The fraction of sp³-hybridized carbons (Fsp3) is 0.952. The SMILES string of the molecule is CCCCCCCCCCCCCCC(=O)OC[C@H](COP(=O)(O)OC[C@H](O)COP(=O)(O)OC[C@@H](COC(=O)CCCCCCCCCCCCCCCCC(C)CC)OC(=O)CCCCCCCCCCCCCCCCC(C)CC)OC(=O)CCCCCCCCCCCCCCC(C)C. The first-order valence-corrected chi connectivity index (χ1v) is 46.4. The number of unbranched alkanes of at least 4 members (excludes halogenated alkanes) is 48. The van der Waals surface area contributed by atoms with Gasteiger partial charge in [0.25, 0.3) is 0 Å². The first kappa shape index (κ1) is 101. The number of carbonyl (C=O) groups excluding carboxylic acids is 4. The Balaban J connectivity index is 5.27. The average molecular weight is 1510 g/mol. The van der Waals surface area contributed by atoms with Crippen molar-refractivity contribution < 1.29 is 80.2 Å². The molecule has 0 rings (SSSR count). The molecule has 0 heterocycles. The third kappa shape index (κ3) is 75.3. The van der Waals surface area contributed by atoms with E-state index in [9.17, 15) is 43.2 Å². The molecule has 0 aliphatic heterocycles. The summed E-state index contributed by atoms with van der Waals surface area (Å²) in [6.07, 6.45) is 63.5. The zero-order valence-electron chi connectivity index (χ0n) is 67.8. The Morgan fingerprint density at radius 2 is 0.495 bits per heavy atom. The van der Waals surface area contributed by atoms with E-state index in [2.05, 4.69) is 48.5 Å². The van der Waals surface area contributed by atoms with Crippen LogP contribution in [0.3, 0.4) is 0 Å². The molecular weight excluding hydrogens is 1340 g/mol. The van der Waals surface area contributed by atoms with Gasteiger partial charge in [-0.15, -0.1) is 0 Å². The quantitative estimate of drug-likeness (QED) is 0.0222. The number of aliphatic hydroxyl groups is 1. The van der Waals surface area contributed by atoms with E-state index in [4.69, 9.17) is 37.0 Å². The topological polar surface area (TPSA) is 237 Å². The molecule has 0 fully saturated rings. The number of ether oxygens (including phenoxy) is 4. The molecule has 0 aromatic carbocycles. The summed E-state index contributed by atoms with van der Waals surface area (Å²) in [5, 5.41) is 10.7. The van der Waals surface area contributed by atoms with Gasteiger partial charge in [0, 0.05) is 25.7 Å². The molecule has 0 aromatic heterocycles. The van der Waals surface area contributed by atoms with Crippen molar-refractivity contribution in [3.63, 3.8) is 0 Å². The molecule has 17 nitrogen and oxygen atoms in total. The summed E-state index contributed by atoms with van der Waals surface area (Å²) in [4.78, 5) is 73.2. The molecule has 0 aliphatic carbocycles. The minimum Gasteiger partial charge on any atom is -0.462 e. The van der Waals surface area contributed by atoms with Crippen LogP contribution in [-0.4, -0.2) is 96.7 Å². The summed E-state index contributed by atoms with van der Waals surface area (Å²) in [5.41, 5.74) is 0. The van der Waals surface area contributed by atoms with Crippen LogP contribution in [-0.2, 0) is 65.4 Å². The fourth-order valence-corrected chi connectivity index (χ4v) is 14.5. The molecule has 0 bridgehead atoms. The second-order valence-corrected chi connectivity index (χ2v) is 34.1. The van der Waals surface area contributed by atoms with Crippen molar-refractivity contribution in [2.45, 2.75) is 458 Å². The van der Waals surface area contributed by atoms with Gasteiger partial charge in [0.1, 0.15) is 19.3 Å². The van der Waals surface area contributed by atoms with Crippen molar-refractivity contribution in [2.24, 2.45) is 17.8 Å². The monoisotopic (exact) mass is 1510 g/mol. The minimum atomic E-state index is -4.97. The van der Waals surface area contributed by atoms with E-state index in [1.165, 1.54) is 250 Å². The number of carbonyl (C=O) groups is 4. The maximum atomic E-state index is 13.1. The van der Waals surface area contributed by atoms with Crippen molar-refractivity contribution in [3.05, 3.63) is 0 Å². The summed E-state index contributed by atoms with van der Waals surface area (Å²) in [6, 6.07) is 0. The van der Waals surface area contributed by atoms with Gasteiger partial charge in [-0.1, -0.05) is 389 Å². The Bertz CT molecular complexity index is 2000. The van der Waals surface area contributed by atoms with Crippen molar-refractivity contribution in [3.8, 4) is 0 Å². The second-order valence-electron chi connectivity index (χ2n) is 31.2. The highest BCUT2D eigenvalue weighted by Gasteiger charge is 2.30. The molecular formula is C84H164O17P2. The first-order chi connectivity index (χ1) is 49.8. The Morgan fingerprint density at radius 1 is 0.282 bits per heavy atom. The zero-order chi connectivity index (χ0) is 75.8. The van der Waals surface area contributed by atoms with Crippen LogP contribution in [0.5, 0.6) is 0 Å². The van der Waals surface area contributed by atoms with Gasteiger partial charge in [-0.2, -0.15) is 0 Å². The summed E-state index contributed by atoms with van der Waals surface area (Å²) in [6.45, 7) is 12.1. The fourth-order valence-electron chi connectivity index (χ4n) is 13.0. The summed E-state index contributed by atoms with van der Waals surface area (Å²) >= 11 is 0. The highest BCUT2D eigenvalue weighted by atomic mass is 31.2. The number of hydrogen-bond donors (Lipinski definition) is 3. The highest BCUT2D eigenvalue weighted by Crippen LogP contribution is 2.45. The van der Waals surface area contributed by atoms with Crippen LogP contribution in [0.1, 0.15) is 440 Å². The Labute approximate surface area is 632 Å². The predicted molar refractivity (Wildman–Crippen MR) is 423 cm³/mol. The third-order valence-electron chi connectivity index (χ3n) is 20.4. The predicted octanol–water partition coefficient (Wildman–Crippen LogP) is 25.3. The van der Waals surface area contributed by atoms with Crippen LogP contribution < -0.4 is 0 Å². The Hall–Kier alpha value is -1.94.